The van der Waals surface area contributed by atoms with Crippen molar-refractivity contribution < 1.29 is 23.5 Å². The van der Waals surface area contributed by atoms with Crippen molar-refractivity contribution in [2.45, 2.75) is 0 Å². The van der Waals surface area contributed by atoms with E-state index in [1.807, 2.05) is 30.3 Å². The number of thioether (sulfide) groups is 1. The van der Waals surface area contributed by atoms with Crippen LogP contribution >= 0.6 is 11.8 Å². The fourth-order valence-electron chi connectivity index (χ4n) is 3.59. The van der Waals surface area contributed by atoms with E-state index in [9.17, 15) is 18.8 Å². The number of amidine groups is 1. The lowest BCUT2D eigenvalue weighted by Crippen LogP contribution is -2.30. The number of nitrogens with one attached hydrogen (secondary N) is 1. The molecule has 0 saturated heterocycles. The quantitative estimate of drug-likeness (QED) is 0.423. The summed E-state index contributed by atoms with van der Waals surface area (Å²) in [6, 6.07) is 19.6. The van der Waals surface area contributed by atoms with E-state index < -0.39 is 5.82 Å². The summed E-state index contributed by atoms with van der Waals surface area (Å²) in [5, 5.41) is 2.99. The van der Waals surface area contributed by atoms with Crippen LogP contribution < -0.4 is 15.0 Å². The van der Waals surface area contributed by atoms with Crippen LogP contribution in [0.15, 0.2) is 83.5 Å². The molecule has 0 spiro atoms. The third-order valence-electron chi connectivity index (χ3n) is 5.28. The van der Waals surface area contributed by atoms with Gasteiger partial charge in [-0.15, -0.1) is 0 Å². The van der Waals surface area contributed by atoms with Crippen LogP contribution in [0.5, 0.6) is 5.75 Å². The summed E-state index contributed by atoms with van der Waals surface area (Å²) in [4.78, 5) is 43.6. The molecule has 0 fully saturated rings. The maximum Gasteiger partial charge on any atom is 0.283 e. The Kier molecular flexibility index (Phi) is 6.15. The van der Waals surface area contributed by atoms with Crippen molar-refractivity contribution in [1.82, 2.24) is 0 Å². The van der Waals surface area contributed by atoms with Crippen LogP contribution in [-0.4, -0.2) is 35.1 Å². The number of nitrogens with zero attached hydrogens (tertiary/aromatic N) is 2. The minimum absolute atomic E-state index is 0.00395. The van der Waals surface area contributed by atoms with Gasteiger partial charge in [0.05, 0.1) is 17.1 Å². The van der Waals surface area contributed by atoms with Crippen LogP contribution in [0.1, 0.15) is 15.9 Å². The summed E-state index contributed by atoms with van der Waals surface area (Å²) in [5.74, 6) is -0.807. The Bertz CT molecular complexity index is 1390. The molecule has 0 aromatic heterocycles. The van der Waals surface area contributed by atoms with Gasteiger partial charge in [-0.3, -0.25) is 19.3 Å². The molecule has 3 aromatic carbocycles. The molecule has 0 atom stereocenters. The fraction of sp³-hybridized carbons (Fsp3) is 0.0769. The summed E-state index contributed by atoms with van der Waals surface area (Å²) in [6.45, 7) is -0.0674. The van der Waals surface area contributed by atoms with Gasteiger partial charge >= 0.3 is 0 Å². The first-order valence-corrected chi connectivity index (χ1v) is 11.6. The van der Waals surface area contributed by atoms with Gasteiger partial charge in [0.2, 0.25) is 0 Å². The van der Waals surface area contributed by atoms with E-state index in [1.54, 1.807) is 24.3 Å². The molecule has 2 heterocycles. The van der Waals surface area contributed by atoms with Gasteiger partial charge in [-0.25, -0.2) is 9.38 Å². The van der Waals surface area contributed by atoms with E-state index in [4.69, 9.17) is 4.74 Å². The largest absolute Gasteiger partial charge is 0.482 e. The summed E-state index contributed by atoms with van der Waals surface area (Å²) in [6.07, 6.45) is 1.67. The summed E-state index contributed by atoms with van der Waals surface area (Å²) < 4.78 is 18.8. The van der Waals surface area contributed by atoms with Crippen LogP contribution in [0.3, 0.4) is 0 Å². The number of rotatable bonds is 5. The van der Waals surface area contributed by atoms with Crippen LogP contribution in [0, 0.1) is 5.82 Å². The van der Waals surface area contributed by atoms with E-state index in [2.05, 4.69) is 10.3 Å². The molecule has 0 bridgehead atoms. The second kappa shape index (κ2) is 9.55. The molecule has 0 radical (unpaired) electrons. The average Bonchev–Trinajstić information content (AvgIpc) is 3.17. The van der Waals surface area contributed by atoms with E-state index in [0.717, 1.165) is 17.3 Å². The number of halogens is 1. The SMILES string of the molecule is O=C1COc2ccc(C(=O)CSC3=NC(=Cc4ccccc4)C(=O)N3c3ccc(F)cc3)cc2N1. The summed E-state index contributed by atoms with van der Waals surface area (Å²) in [7, 11) is 0. The molecule has 3 aromatic rings. The predicted octanol–water partition coefficient (Wildman–Crippen LogP) is 4.52. The number of carbonyl (C=O) groups is 3. The van der Waals surface area contributed by atoms with Gasteiger partial charge in [-0.1, -0.05) is 42.1 Å². The zero-order valence-electron chi connectivity index (χ0n) is 18.2. The lowest BCUT2D eigenvalue weighted by molar-refractivity contribution is -0.118. The van der Waals surface area contributed by atoms with E-state index in [-0.39, 0.29) is 35.7 Å². The maximum atomic E-state index is 13.5. The van der Waals surface area contributed by atoms with Gasteiger partial charge < -0.3 is 10.1 Å². The standard InChI is InChI=1S/C26H18FN3O4S/c27-18-7-9-19(10-8-18)30-25(33)21(12-16-4-2-1-3-5-16)29-26(30)35-15-22(31)17-6-11-23-20(13-17)28-24(32)14-34-23/h1-13H,14-15H2,(H,28,32). The van der Waals surface area contributed by atoms with Gasteiger partial charge in [0.15, 0.2) is 17.6 Å². The van der Waals surface area contributed by atoms with Crippen LogP contribution in [0.4, 0.5) is 15.8 Å². The van der Waals surface area contributed by atoms with Gasteiger partial charge in [-0.2, -0.15) is 0 Å². The lowest BCUT2D eigenvalue weighted by Gasteiger charge is -2.19. The molecule has 2 aliphatic heterocycles. The van der Waals surface area contributed by atoms with Crippen molar-refractivity contribution in [3.05, 3.63) is 95.4 Å². The third-order valence-corrected chi connectivity index (χ3v) is 6.22. The highest BCUT2D eigenvalue weighted by atomic mass is 32.2. The molecule has 174 valence electrons. The zero-order valence-corrected chi connectivity index (χ0v) is 19.0. The molecular formula is C26H18FN3O4S. The van der Waals surface area contributed by atoms with Crippen molar-refractivity contribution in [2.75, 3.05) is 22.6 Å². The Labute approximate surface area is 204 Å². The minimum Gasteiger partial charge on any atom is -0.482 e. The number of hydrogen-bond acceptors (Lipinski definition) is 6. The Morgan fingerprint density at radius 2 is 1.86 bits per heavy atom. The Morgan fingerprint density at radius 1 is 1.09 bits per heavy atom. The van der Waals surface area contributed by atoms with Gasteiger partial charge in [-0.05, 0) is 54.1 Å². The van der Waals surface area contributed by atoms with Crippen molar-refractivity contribution in [3.8, 4) is 5.75 Å². The smallest absolute Gasteiger partial charge is 0.283 e. The predicted molar refractivity (Wildman–Crippen MR) is 133 cm³/mol. The molecule has 1 N–H and O–H groups in total. The highest BCUT2D eigenvalue weighted by molar-refractivity contribution is 8.14. The van der Waals surface area contributed by atoms with Gasteiger partial charge in [0, 0.05) is 5.56 Å². The molecular weight excluding hydrogens is 469 g/mol. The van der Waals surface area contributed by atoms with Crippen molar-refractivity contribution in [2.24, 2.45) is 4.99 Å². The molecule has 2 amide bonds. The number of carbonyl (C=O) groups excluding carboxylic acids is 3. The number of amides is 2. The highest BCUT2D eigenvalue weighted by Gasteiger charge is 2.32. The second-order valence-electron chi connectivity index (χ2n) is 7.71. The highest BCUT2D eigenvalue weighted by Crippen LogP contribution is 2.31. The molecule has 2 aliphatic rings. The number of hydrogen-bond donors (Lipinski definition) is 1. The first kappa shape index (κ1) is 22.5. The molecule has 7 nitrogen and oxygen atoms in total. The monoisotopic (exact) mass is 487 g/mol. The number of Topliss-reactive ketones (excluding diaryl/α,β-unsaturated/α-hetero) is 1. The fourth-order valence-corrected chi connectivity index (χ4v) is 4.50. The van der Waals surface area contributed by atoms with Crippen molar-refractivity contribution in [1.29, 1.82) is 0 Å². The van der Waals surface area contributed by atoms with Gasteiger partial charge in [0.1, 0.15) is 17.3 Å². The topological polar surface area (TPSA) is 88.1 Å². The molecule has 0 aliphatic carbocycles. The zero-order chi connectivity index (χ0) is 24.4. The van der Waals surface area contributed by atoms with Crippen LogP contribution in [0.2, 0.25) is 0 Å². The van der Waals surface area contributed by atoms with E-state index >= 15 is 0 Å². The van der Waals surface area contributed by atoms with Crippen molar-refractivity contribution in [3.63, 3.8) is 0 Å². The Hall–Kier alpha value is -4.24. The first-order valence-electron chi connectivity index (χ1n) is 10.7. The van der Waals surface area contributed by atoms with E-state index in [1.165, 1.54) is 29.2 Å². The van der Waals surface area contributed by atoms with Crippen molar-refractivity contribution >= 4 is 52.0 Å². The molecule has 0 saturated carbocycles. The lowest BCUT2D eigenvalue weighted by atomic mass is 10.1. The number of fused-ring (bicyclic) bond motifs is 1. The molecule has 35 heavy (non-hydrogen) atoms. The maximum absolute atomic E-state index is 13.5. The molecule has 0 unspecified atom stereocenters. The Morgan fingerprint density at radius 3 is 2.63 bits per heavy atom. The molecule has 5 rings (SSSR count). The third kappa shape index (κ3) is 4.85. The van der Waals surface area contributed by atoms with Crippen LogP contribution in [0.25, 0.3) is 6.08 Å². The van der Waals surface area contributed by atoms with E-state index in [0.29, 0.717) is 27.9 Å². The average molecular weight is 488 g/mol. The first-order chi connectivity index (χ1) is 17.0. The second-order valence-corrected chi connectivity index (χ2v) is 8.65. The van der Waals surface area contributed by atoms with Gasteiger partial charge in [0.25, 0.3) is 11.8 Å². The minimum atomic E-state index is -0.426. The number of benzene rings is 3. The summed E-state index contributed by atoms with van der Waals surface area (Å²) >= 11 is 1.10. The number of aliphatic imine (C=N–C) groups is 1. The number of anilines is 2. The normalized spacial score (nSPS) is 16.0. The van der Waals surface area contributed by atoms with Crippen LogP contribution in [-0.2, 0) is 9.59 Å². The molecule has 9 heteroatoms. The number of ketones is 1. The number of ether oxygens (including phenoxy) is 1. The Balaban J connectivity index is 1.40. The summed E-state index contributed by atoms with van der Waals surface area (Å²) in [5.41, 5.74) is 2.29.